The van der Waals surface area contributed by atoms with Gasteiger partial charge in [0.2, 0.25) is 0 Å². The molecule has 1 atom stereocenters. The molecule has 0 bridgehead atoms. The zero-order valence-corrected chi connectivity index (χ0v) is 10.3. The Morgan fingerprint density at radius 2 is 1.93 bits per heavy atom. The third kappa shape index (κ3) is 11.9. The van der Waals surface area contributed by atoms with Gasteiger partial charge in [0.25, 0.3) is 0 Å². The van der Waals surface area contributed by atoms with E-state index in [9.17, 15) is 4.79 Å². The fourth-order valence-electron chi connectivity index (χ4n) is 0.629. The highest BCUT2D eigenvalue weighted by Crippen LogP contribution is 2.03. The van der Waals surface area contributed by atoms with Crippen LogP contribution in [0.5, 0.6) is 0 Å². The second-order valence-corrected chi connectivity index (χ2v) is 3.27. The summed E-state index contributed by atoms with van der Waals surface area (Å²) in [5, 5.41) is 17.4. The van der Waals surface area contributed by atoms with Crippen molar-refractivity contribution in [3.05, 3.63) is 0 Å². The molecule has 0 fully saturated rings. The zero-order valence-electron chi connectivity index (χ0n) is 8.70. The Hall–Kier alpha value is -0.130. The summed E-state index contributed by atoms with van der Waals surface area (Å²) in [6.45, 7) is 5.39. The topological polar surface area (TPSA) is 66.8 Å². The van der Waals surface area contributed by atoms with Gasteiger partial charge >= 0.3 is 5.97 Å². The zero-order chi connectivity index (χ0) is 11.4. The number of carboxylic acid groups (broad SMARTS) is 1. The Morgan fingerprint density at radius 3 is 2.00 bits per heavy atom. The number of aliphatic hydroxyl groups excluding tert-OH is 1. The van der Waals surface area contributed by atoms with Crippen LogP contribution < -0.4 is 0 Å². The van der Waals surface area contributed by atoms with Gasteiger partial charge in [-0.3, -0.25) is 4.79 Å². The van der Waals surface area contributed by atoms with Gasteiger partial charge in [-0.15, -0.1) is 0 Å². The van der Waals surface area contributed by atoms with E-state index in [2.05, 4.69) is 15.9 Å². The van der Waals surface area contributed by atoms with Crippen LogP contribution in [0.25, 0.3) is 0 Å². The molecule has 5 heteroatoms. The second-order valence-electron chi connectivity index (χ2n) is 2.48. The molecule has 0 saturated heterocycles. The van der Waals surface area contributed by atoms with Gasteiger partial charge in [0.1, 0.15) is 0 Å². The van der Waals surface area contributed by atoms with Crippen molar-refractivity contribution >= 4 is 21.9 Å². The van der Waals surface area contributed by atoms with E-state index in [-0.39, 0.29) is 6.61 Å². The minimum absolute atomic E-state index is 0.277. The summed E-state index contributed by atoms with van der Waals surface area (Å²) in [5.74, 6) is -1.54. The first-order valence-corrected chi connectivity index (χ1v) is 5.73. The highest BCUT2D eigenvalue weighted by molar-refractivity contribution is 9.09. The van der Waals surface area contributed by atoms with Crippen LogP contribution in [0.15, 0.2) is 0 Å². The quantitative estimate of drug-likeness (QED) is 0.718. The van der Waals surface area contributed by atoms with E-state index in [1.54, 1.807) is 0 Å². The maximum Gasteiger partial charge on any atom is 0.308 e. The monoisotopic (exact) mass is 270 g/mol. The molecule has 0 aromatic rings. The maximum absolute atomic E-state index is 10.1. The molecule has 0 aromatic carbocycles. The Kier molecular flexibility index (Phi) is 15.0. The maximum atomic E-state index is 10.1. The average molecular weight is 271 g/mol. The number of hydrogen-bond acceptors (Lipinski definition) is 3. The molecule has 0 aliphatic rings. The minimum atomic E-state index is -0.933. The molecular formula is C9H19BrO4. The van der Waals surface area contributed by atoms with Gasteiger partial charge in [0, 0.05) is 18.5 Å². The molecule has 0 aliphatic heterocycles. The van der Waals surface area contributed by atoms with E-state index < -0.39 is 11.9 Å². The predicted molar refractivity (Wildman–Crippen MR) is 58.8 cm³/mol. The molecule has 0 radical (unpaired) electrons. The van der Waals surface area contributed by atoms with Gasteiger partial charge in [-0.1, -0.05) is 15.9 Å². The summed E-state index contributed by atoms with van der Waals surface area (Å²) < 4.78 is 4.83. The van der Waals surface area contributed by atoms with Crippen LogP contribution in [0.1, 0.15) is 20.3 Å². The SMILES string of the molecule is CCOCC.O=C(O)C(CO)CCBr. The average Bonchev–Trinajstić information content (AvgIpc) is 2.16. The Bertz CT molecular complexity index is 128. The van der Waals surface area contributed by atoms with Crippen molar-refractivity contribution in [2.75, 3.05) is 25.2 Å². The lowest BCUT2D eigenvalue weighted by Crippen LogP contribution is -2.17. The van der Waals surface area contributed by atoms with Gasteiger partial charge < -0.3 is 14.9 Å². The molecule has 4 nitrogen and oxygen atoms in total. The number of aliphatic hydroxyl groups is 1. The van der Waals surface area contributed by atoms with Crippen LogP contribution in [0, 0.1) is 5.92 Å². The number of carbonyl (C=O) groups is 1. The van der Waals surface area contributed by atoms with Crippen molar-refractivity contribution in [2.24, 2.45) is 5.92 Å². The number of aliphatic carboxylic acids is 1. The number of alkyl halides is 1. The molecule has 0 saturated carbocycles. The van der Waals surface area contributed by atoms with Gasteiger partial charge in [0.05, 0.1) is 12.5 Å². The number of hydrogen-bond donors (Lipinski definition) is 2. The molecule has 0 aromatic heterocycles. The minimum Gasteiger partial charge on any atom is -0.481 e. The Morgan fingerprint density at radius 1 is 1.43 bits per heavy atom. The summed E-state index contributed by atoms with van der Waals surface area (Å²) in [4.78, 5) is 10.1. The first-order chi connectivity index (χ1) is 6.63. The number of carboxylic acids is 1. The summed E-state index contributed by atoms with van der Waals surface area (Å²) in [7, 11) is 0. The standard InChI is InChI=1S/C5H9BrO3.C4H10O/c6-2-1-4(3-7)5(8)9;1-3-5-4-2/h4,7H,1-3H2,(H,8,9);3-4H2,1-2H3. The summed E-state index contributed by atoms with van der Waals surface area (Å²) in [5.41, 5.74) is 0. The van der Waals surface area contributed by atoms with Gasteiger partial charge in [-0.25, -0.2) is 0 Å². The first-order valence-electron chi connectivity index (χ1n) is 4.61. The van der Waals surface area contributed by atoms with E-state index in [0.717, 1.165) is 13.2 Å². The van der Waals surface area contributed by atoms with Crippen LogP contribution in [-0.4, -0.2) is 41.3 Å². The number of ether oxygens (including phenoxy) is 1. The van der Waals surface area contributed by atoms with Crippen molar-refractivity contribution in [2.45, 2.75) is 20.3 Å². The molecule has 0 spiro atoms. The molecule has 0 amide bonds. The summed E-state index contributed by atoms with van der Waals surface area (Å²) in [6, 6.07) is 0. The third-order valence-corrected chi connectivity index (χ3v) is 1.89. The van der Waals surface area contributed by atoms with Gasteiger partial charge in [-0.2, -0.15) is 0 Å². The highest BCUT2D eigenvalue weighted by Gasteiger charge is 2.13. The van der Waals surface area contributed by atoms with E-state index in [1.807, 2.05) is 13.8 Å². The molecule has 1 unspecified atom stereocenters. The number of halogens is 1. The lowest BCUT2D eigenvalue weighted by Gasteiger charge is -2.04. The van der Waals surface area contributed by atoms with Crippen molar-refractivity contribution in [1.29, 1.82) is 0 Å². The third-order valence-electron chi connectivity index (χ3n) is 1.44. The highest BCUT2D eigenvalue weighted by atomic mass is 79.9. The van der Waals surface area contributed by atoms with E-state index >= 15 is 0 Å². The van der Waals surface area contributed by atoms with Crippen molar-refractivity contribution in [3.63, 3.8) is 0 Å². The van der Waals surface area contributed by atoms with Crippen molar-refractivity contribution in [1.82, 2.24) is 0 Å². The van der Waals surface area contributed by atoms with Crippen molar-refractivity contribution in [3.8, 4) is 0 Å². The fraction of sp³-hybridized carbons (Fsp3) is 0.889. The Labute approximate surface area is 93.4 Å². The number of rotatable bonds is 6. The van der Waals surface area contributed by atoms with E-state index in [4.69, 9.17) is 14.9 Å². The van der Waals surface area contributed by atoms with Gasteiger partial charge in [-0.05, 0) is 20.3 Å². The largest absolute Gasteiger partial charge is 0.481 e. The van der Waals surface area contributed by atoms with Gasteiger partial charge in [0.15, 0.2) is 0 Å². The predicted octanol–water partition coefficient (Wildman–Crippen LogP) is 1.51. The first kappa shape index (κ1) is 16.3. The molecule has 14 heavy (non-hydrogen) atoms. The lowest BCUT2D eigenvalue weighted by molar-refractivity contribution is -0.143. The molecule has 86 valence electrons. The molecular weight excluding hydrogens is 252 g/mol. The molecule has 0 aliphatic carbocycles. The van der Waals surface area contributed by atoms with Crippen LogP contribution >= 0.6 is 15.9 Å². The van der Waals surface area contributed by atoms with Crippen LogP contribution in [0.3, 0.4) is 0 Å². The van der Waals surface area contributed by atoms with E-state index in [1.165, 1.54) is 0 Å². The van der Waals surface area contributed by atoms with Crippen molar-refractivity contribution < 1.29 is 19.7 Å². The molecule has 2 N–H and O–H groups in total. The second kappa shape index (κ2) is 12.9. The molecule has 0 rings (SSSR count). The summed E-state index contributed by atoms with van der Waals surface area (Å²) in [6.07, 6.45) is 0.478. The van der Waals surface area contributed by atoms with Crippen LogP contribution in [-0.2, 0) is 9.53 Å². The normalized spacial score (nSPS) is 11.4. The summed E-state index contributed by atoms with van der Waals surface area (Å²) >= 11 is 3.08. The van der Waals surface area contributed by atoms with Crippen LogP contribution in [0.4, 0.5) is 0 Å². The molecule has 0 heterocycles. The Balaban J connectivity index is 0. The van der Waals surface area contributed by atoms with Crippen LogP contribution in [0.2, 0.25) is 0 Å². The lowest BCUT2D eigenvalue weighted by atomic mass is 10.1. The smallest absolute Gasteiger partial charge is 0.308 e. The van der Waals surface area contributed by atoms with E-state index in [0.29, 0.717) is 11.8 Å². The fourth-order valence-corrected chi connectivity index (χ4v) is 1.18.